The van der Waals surface area contributed by atoms with Gasteiger partial charge in [-0.1, -0.05) is 0 Å². The Bertz CT molecular complexity index is 661. The van der Waals surface area contributed by atoms with E-state index in [0.717, 1.165) is 39.3 Å². The number of benzene rings is 1. The van der Waals surface area contributed by atoms with Crippen LogP contribution < -0.4 is 9.80 Å². The number of rotatable bonds is 4. The Morgan fingerprint density at radius 3 is 1.56 bits per heavy atom. The summed E-state index contributed by atoms with van der Waals surface area (Å²) in [5.74, 6) is 0. The molecule has 0 aromatic heterocycles. The van der Waals surface area contributed by atoms with Crippen LogP contribution >= 0.6 is 0 Å². The molecule has 2 saturated heterocycles. The van der Waals surface area contributed by atoms with E-state index in [4.69, 9.17) is 0 Å². The van der Waals surface area contributed by atoms with E-state index >= 15 is 0 Å². The molecule has 2 aliphatic heterocycles. The van der Waals surface area contributed by atoms with Gasteiger partial charge in [-0.3, -0.25) is 0 Å². The molecule has 0 atom stereocenters. The van der Waals surface area contributed by atoms with Crippen molar-refractivity contribution in [1.29, 1.82) is 0 Å². The number of nitrogens with zero attached hydrogens (tertiary/aromatic N) is 5. The molecule has 0 spiro atoms. The highest BCUT2D eigenvalue weighted by molar-refractivity contribution is 7.86. The van der Waals surface area contributed by atoms with Gasteiger partial charge in [-0.15, -0.1) is 0 Å². The van der Waals surface area contributed by atoms with Crippen LogP contribution in [0.5, 0.6) is 0 Å². The first-order chi connectivity index (χ1) is 11.9. The van der Waals surface area contributed by atoms with Crippen LogP contribution in [0.15, 0.2) is 24.3 Å². The van der Waals surface area contributed by atoms with E-state index in [1.54, 1.807) is 18.4 Å². The van der Waals surface area contributed by atoms with Crippen molar-refractivity contribution < 1.29 is 8.42 Å². The predicted octanol–water partition coefficient (Wildman–Crippen LogP) is 0.367. The number of hydrogen-bond acceptors (Lipinski definition) is 5. The van der Waals surface area contributed by atoms with Crippen LogP contribution in [0.4, 0.5) is 11.4 Å². The molecule has 0 aliphatic carbocycles. The Kier molecular flexibility index (Phi) is 5.52. The number of piperazine rings is 2. The first-order valence-corrected chi connectivity index (χ1v) is 10.2. The highest BCUT2D eigenvalue weighted by Crippen LogP contribution is 2.23. The lowest BCUT2D eigenvalue weighted by Crippen LogP contribution is -2.51. The van der Waals surface area contributed by atoms with E-state index < -0.39 is 10.2 Å². The average molecular weight is 368 g/mol. The Morgan fingerprint density at radius 1 is 0.760 bits per heavy atom. The van der Waals surface area contributed by atoms with E-state index in [2.05, 4.69) is 46.0 Å². The van der Waals surface area contributed by atoms with Crippen molar-refractivity contribution >= 4 is 21.6 Å². The van der Waals surface area contributed by atoms with Gasteiger partial charge in [-0.25, -0.2) is 0 Å². The Labute approximate surface area is 151 Å². The fourth-order valence-electron chi connectivity index (χ4n) is 3.35. The van der Waals surface area contributed by atoms with E-state index in [9.17, 15) is 8.42 Å². The molecule has 8 heteroatoms. The smallest absolute Gasteiger partial charge is 0.281 e. The van der Waals surface area contributed by atoms with Gasteiger partial charge in [-0.2, -0.15) is 17.0 Å². The summed E-state index contributed by atoms with van der Waals surface area (Å²) in [7, 11) is 2.03. The number of hydrogen-bond donors (Lipinski definition) is 0. The minimum Gasteiger partial charge on any atom is -0.369 e. The lowest BCUT2D eigenvalue weighted by Gasteiger charge is -2.37. The summed E-state index contributed by atoms with van der Waals surface area (Å²) >= 11 is 0. The van der Waals surface area contributed by atoms with Crippen LogP contribution in [0.25, 0.3) is 0 Å². The Balaban J connectivity index is 1.59. The largest absolute Gasteiger partial charge is 0.369 e. The average Bonchev–Trinajstić information content (AvgIpc) is 2.62. The van der Waals surface area contributed by atoms with Crippen molar-refractivity contribution in [3.05, 3.63) is 24.3 Å². The summed E-state index contributed by atoms with van der Waals surface area (Å²) in [4.78, 5) is 7.03. The van der Waals surface area contributed by atoms with Crippen molar-refractivity contribution in [1.82, 2.24) is 13.5 Å². The summed E-state index contributed by atoms with van der Waals surface area (Å²) in [5.41, 5.74) is 2.44. The minimum absolute atomic E-state index is 0.528. The quantitative estimate of drug-likeness (QED) is 0.770. The van der Waals surface area contributed by atoms with E-state index in [-0.39, 0.29) is 0 Å². The lowest BCUT2D eigenvalue weighted by atomic mass is 10.2. The van der Waals surface area contributed by atoms with Crippen LogP contribution in [0.3, 0.4) is 0 Å². The van der Waals surface area contributed by atoms with Gasteiger partial charge in [0.2, 0.25) is 0 Å². The summed E-state index contributed by atoms with van der Waals surface area (Å²) in [5, 5.41) is 0. The van der Waals surface area contributed by atoms with Crippen LogP contribution in [-0.2, 0) is 10.2 Å². The molecule has 140 valence electrons. The molecule has 3 rings (SSSR count). The summed E-state index contributed by atoms with van der Waals surface area (Å²) in [6.07, 6.45) is 0. The fraction of sp³-hybridized carbons (Fsp3) is 0.647. The van der Waals surface area contributed by atoms with Gasteiger partial charge in [0.15, 0.2) is 0 Å². The maximum Gasteiger partial charge on any atom is 0.281 e. The highest BCUT2D eigenvalue weighted by atomic mass is 32.2. The molecule has 0 bridgehead atoms. The third-order valence-corrected chi connectivity index (χ3v) is 7.05. The molecule has 0 unspecified atom stereocenters. The molecular weight excluding hydrogens is 338 g/mol. The van der Waals surface area contributed by atoms with Gasteiger partial charge in [0.1, 0.15) is 0 Å². The molecule has 2 aliphatic rings. The van der Waals surface area contributed by atoms with Crippen LogP contribution in [0, 0.1) is 0 Å². The molecule has 0 amide bonds. The van der Waals surface area contributed by atoms with E-state index in [1.165, 1.54) is 15.7 Å². The molecule has 0 N–H and O–H groups in total. The van der Waals surface area contributed by atoms with Crippen LogP contribution in [0.2, 0.25) is 0 Å². The highest BCUT2D eigenvalue weighted by Gasteiger charge is 2.28. The SMILES string of the molecule is CN1CCN(c2ccc(N3CCN(S(=O)(=O)N(C)C)CC3)cc2)CC1. The molecule has 2 fully saturated rings. The minimum atomic E-state index is -3.30. The van der Waals surface area contributed by atoms with Gasteiger partial charge in [0.05, 0.1) is 0 Å². The molecule has 2 heterocycles. The Hall–Kier alpha value is -1.35. The topological polar surface area (TPSA) is 50.3 Å². The molecule has 25 heavy (non-hydrogen) atoms. The van der Waals surface area contributed by atoms with Gasteiger partial charge in [0.25, 0.3) is 10.2 Å². The summed E-state index contributed by atoms with van der Waals surface area (Å²) in [6.45, 7) is 6.84. The second kappa shape index (κ2) is 7.49. The van der Waals surface area contributed by atoms with Crippen molar-refractivity contribution in [3.63, 3.8) is 0 Å². The zero-order chi connectivity index (χ0) is 18.0. The standard InChI is InChI=1S/C17H29N5O2S/c1-18(2)25(23,24)22-14-12-21(13-15-22)17-6-4-16(5-7-17)20-10-8-19(3)9-11-20/h4-7H,8-15H2,1-3H3. The second-order valence-electron chi connectivity index (χ2n) is 6.98. The van der Waals surface area contributed by atoms with Gasteiger partial charge in [-0.05, 0) is 31.3 Å². The third-order valence-electron chi connectivity index (χ3n) is 5.11. The molecule has 0 radical (unpaired) electrons. The fourth-order valence-corrected chi connectivity index (χ4v) is 4.43. The normalized spacial score (nSPS) is 21.1. The van der Waals surface area contributed by atoms with Gasteiger partial charge < -0.3 is 14.7 Å². The lowest BCUT2D eigenvalue weighted by molar-refractivity contribution is 0.313. The van der Waals surface area contributed by atoms with Gasteiger partial charge >= 0.3 is 0 Å². The summed E-state index contributed by atoms with van der Waals surface area (Å²) < 4.78 is 27.2. The molecule has 1 aromatic carbocycles. The van der Waals surface area contributed by atoms with Crippen molar-refractivity contribution in [2.45, 2.75) is 0 Å². The molecule has 1 aromatic rings. The van der Waals surface area contributed by atoms with Crippen LogP contribution in [0.1, 0.15) is 0 Å². The van der Waals surface area contributed by atoms with Crippen LogP contribution in [-0.4, -0.2) is 95.4 Å². The maximum absolute atomic E-state index is 12.2. The van der Waals surface area contributed by atoms with Crippen molar-refractivity contribution in [3.8, 4) is 0 Å². The first-order valence-electron chi connectivity index (χ1n) is 8.84. The van der Waals surface area contributed by atoms with E-state index in [0.29, 0.717) is 13.1 Å². The monoisotopic (exact) mass is 367 g/mol. The molecule has 7 nitrogen and oxygen atoms in total. The third kappa shape index (κ3) is 4.08. The predicted molar refractivity (Wildman–Crippen MR) is 103 cm³/mol. The first kappa shape index (κ1) is 18.4. The second-order valence-corrected chi connectivity index (χ2v) is 9.13. The van der Waals surface area contributed by atoms with E-state index in [1.807, 2.05) is 0 Å². The molecule has 0 saturated carbocycles. The zero-order valence-electron chi connectivity index (χ0n) is 15.4. The zero-order valence-corrected chi connectivity index (χ0v) is 16.2. The van der Waals surface area contributed by atoms with Crippen molar-refractivity contribution in [2.24, 2.45) is 0 Å². The number of anilines is 2. The summed E-state index contributed by atoms with van der Waals surface area (Å²) in [6, 6.07) is 8.68. The number of likely N-dealkylation sites (N-methyl/N-ethyl adjacent to an activating group) is 1. The van der Waals surface area contributed by atoms with Crippen molar-refractivity contribution in [2.75, 3.05) is 83.3 Å². The van der Waals surface area contributed by atoms with Gasteiger partial charge in [0, 0.05) is 77.8 Å². The maximum atomic E-state index is 12.2. The Morgan fingerprint density at radius 2 is 1.16 bits per heavy atom. The molecular formula is C17H29N5O2S.